The minimum atomic E-state index is 0.438. The topological polar surface area (TPSA) is 62.7 Å². The molecule has 128 valence electrons. The van der Waals surface area contributed by atoms with Crippen molar-refractivity contribution < 1.29 is 0 Å². The summed E-state index contributed by atoms with van der Waals surface area (Å²) < 4.78 is 0. The van der Waals surface area contributed by atoms with E-state index in [1.807, 2.05) is 37.3 Å². The molecule has 2 N–H and O–H groups in total. The van der Waals surface area contributed by atoms with E-state index in [2.05, 4.69) is 57.6 Å². The molecule has 3 rings (SSSR count). The summed E-state index contributed by atoms with van der Waals surface area (Å²) in [5, 5.41) is 6.74. The van der Waals surface area contributed by atoms with Crippen LogP contribution in [0.2, 0.25) is 0 Å². The zero-order valence-electron chi connectivity index (χ0n) is 14.8. The van der Waals surface area contributed by atoms with Crippen molar-refractivity contribution in [3.63, 3.8) is 0 Å². The van der Waals surface area contributed by atoms with Gasteiger partial charge in [0.05, 0.1) is 12.2 Å². The third-order valence-corrected chi connectivity index (χ3v) is 3.86. The SMILES string of the molecule is Cc1nc(NCc2ccccn2)cc(Nc2ccccc2C(C)C)n1. The highest BCUT2D eigenvalue weighted by molar-refractivity contribution is 5.63. The Bertz CT molecular complexity index is 830. The number of pyridine rings is 1. The molecule has 5 nitrogen and oxygen atoms in total. The number of hydrogen-bond donors (Lipinski definition) is 2. The average molecular weight is 333 g/mol. The van der Waals surface area contributed by atoms with E-state index in [9.17, 15) is 0 Å². The van der Waals surface area contributed by atoms with Gasteiger partial charge in [0.15, 0.2) is 0 Å². The number of aromatic nitrogens is 3. The van der Waals surface area contributed by atoms with Crippen LogP contribution >= 0.6 is 0 Å². The van der Waals surface area contributed by atoms with E-state index in [-0.39, 0.29) is 0 Å². The summed E-state index contributed by atoms with van der Waals surface area (Å²) in [5.41, 5.74) is 3.31. The van der Waals surface area contributed by atoms with E-state index < -0.39 is 0 Å². The number of nitrogens with one attached hydrogen (secondary N) is 2. The Kier molecular flexibility index (Phi) is 5.23. The zero-order chi connectivity index (χ0) is 17.6. The summed E-state index contributed by atoms with van der Waals surface area (Å²) >= 11 is 0. The first-order valence-electron chi connectivity index (χ1n) is 8.47. The molecule has 0 spiro atoms. The van der Waals surface area contributed by atoms with E-state index in [1.54, 1.807) is 6.20 Å². The molecule has 5 heteroatoms. The van der Waals surface area contributed by atoms with Gasteiger partial charge in [-0.1, -0.05) is 38.1 Å². The quantitative estimate of drug-likeness (QED) is 0.687. The molecule has 0 unspecified atom stereocenters. The second-order valence-electron chi connectivity index (χ2n) is 6.23. The molecule has 0 saturated heterocycles. The predicted molar refractivity (Wildman–Crippen MR) is 102 cm³/mol. The average Bonchev–Trinajstić information content (AvgIpc) is 2.61. The standard InChI is InChI=1S/C20H23N5/c1-14(2)17-9-4-5-10-18(17)25-20-12-19(23-15(3)24-20)22-13-16-8-6-7-11-21-16/h4-12,14H,13H2,1-3H3,(H2,22,23,24,25). The van der Waals surface area contributed by atoms with E-state index in [1.165, 1.54) is 5.56 Å². The highest BCUT2D eigenvalue weighted by Crippen LogP contribution is 2.26. The molecule has 3 aromatic rings. The molecule has 1 aromatic carbocycles. The monoisotopic (exact) mass is 333 g/mol. The lowest BCUT2D eigenvalue weighted by atomic mass is 10.0. The Morgan fingerprint density at radius 3 is 2.48 bits per heavy atom. The first-order valence-corrected chi connectivity index (χ1v) is 8.47. The molecule has 0 aliphatic heterocycles. The lowest BCUT2D eigenvalue weighted by Gasteiger charge is -2.15. The van der Waals surface area contributed by atoms with Crippen LogP contribution in [-0.2, 0) is 6.54 Å². The zero-order valence-corrected chi connectivity index (χ0v) is 14.8. The van der Waals surface area contributed by atoms with Gasteiger partial charge in [0.25, 0.3) is 0 Å². The third-order valence-electron chi connectivity index (χ3n) is 3.86. The maximum atomic E-state index is 4.51. The fourth-order valence-corrected chi connectivity index (χ4v) is 2.66. The van der Waals surface area contributed by atoms with Gasteiger partial charge in [-0.25, -0.2) is 9.97 Å². The second kappa shape index (κ2) is 7.75. The van der Waals surface area contributed by atoms with Crippen LogP contribution < -0.4 is 10.6 Å². The van der Waals surface area contributed by atoms with E-state index in [4.69, 9.17) is 0 Å². The van der Waals surface area contributed by atoms with Crippen molar-refractivity contribution in [2.75, 3.05) is 10.6 Å². The maximum Gasteiger partial charge on any atom is 0.136 e. The van der Waals surface area contributed by atoms with Crippen molar-refractivity contribution in [2.24, 2.45) is 0 Å². The van der Waals surface area contributed by atoms with Crippen LogP contribution in [0.25, 0.3) is 0 Å². The molecule has 2 heterocycles. The first-order chi connectivity index (χ1) is 12.1. The molecule has 0 saturated carbocycles. The fraction of sp³-hybridized carbons (Fsp3) is 0.250. The summed E-state index contributed by atoms with van der Waals surface area (Å²) in [6.07, 6.45) is 1.79. The third kappa shape index (κ3) is 4.53. The highest BCUT2D eigenvalue weighted by Gasteiger charge is 2.08. The summed E-state index contributed by atoms with van der Waals surface area (Å²) in [5.74, 6) is 2.72. The van der Waals surface area contributed by atoms with Crippen molar-refractivity contribution in [3.05, 3.63) is 71.8 Å². The summed E-state index contributed by atoms with van der Waals surface area (Å²) in [7, 11) is 0. The molecule has 0 aliphatic carbocycles. The summed E-state index contributed by atoms with van der Waals surface area (Å²) in [4.78, 5) is 13.3. The number of nitrogens with zero attached hydrogens (tertiary/aromatic N) is 3. The Morgan fingerprint density at radius 2 is 1.72 bits per heavy atom. The van der Waals surface area contributed by atoms with E-state index in [0.717, 1.165) is 28.8 Å². The van der Waals surface area contributed by atoms with Gasteiger partial charge in [-0.15, -0.1) is 0 Å². The van der Waals surface area contributed by atoms with E-state index >= 15 is 0 Å². The smallest absolute Gasteiger partial charge is 0.136 e. The Balaban J connectivity index is 1.78. The number of anilines is 3. The van der Waals surface area contributed by atoms with Crippen LogP contribution in [-0.4, -0.2) is 15.0 Å². The second-order valence-corrected chi connectivity index (χ2v) is 6.23. The molecule has 0 amide bonds. The van der Waals surface area contributed by atoms with Crippen molar-refractivity contribution >= 4 is 17.3 Å². The Hall–Kier alpha value is -2.95. The molecular formula is C20H23N5. The number of aryl methyl sites for hydroxylation is 1. The van der Waals surface area contributed by atoms with Crippen LogP contribution in [0, 0.1) is 6.92 Å². The van der Waals surface area contributed by atoms with Crippen molar-refractivity contribution in [3.8, 4) is 0 Å². The van der Waals surface area contributed by atoms with Gasteiger partial charge in [0, 0.05) is 18.0 Å². The largest absolute Gasteiger partial charge is 0.364 e. The van der Waals surface area contributed by atoms with Gasteiger partial charge in [0.2, 0.25) is 0 Å². The van der Waals surface area contributed by atoms with Crippen LogP contribution in [0.4, 0.5) is 17.3 Å². The molecule has 0 bridgehead atoms. The van der Waals surface area contributed by atoms with Crippen molar-refractivity contribution in [2.45, 2.75) is 33.2 Å². The van der Waals surface area contributed by atoms with Gasteiger partial charge in [-0.05, 0) is 36.6 Å². The molecular weight excluding hydrogens is 310 g/mol. The van der Waals surface area contributed by atoms with Crippen LogP contribution in [0.5, 0.6) is 0 Å². The molecule has 2 aromatic heterocycles. The highest BCUT2D eigenvalue weighted by atomic mass is 15.1. The number of rotatable bonds is 6. The van der Waals surface area contributed by atoms with Gasteiger partial charge in [-0.3, -0.25) is 4.98 Å². The van der Waals surface area contributed by atoms with Crippen molar-refractivity contribution in [1.29, 1.82) is 0 Å². The molecule has 0 fully saturated rings. The number of hydrogen-bond acceptors (Lipinski definition) is 5. The Morgan fingerprint density at radius 1 is 0.960 bits per heavy atom. The van der Waals surface area contributed by atoms with Crippen LogP contribution in [0.3, 0.4) is 0 Å². The van der Waals surface area contributed by atoms with Gasteiger partial charge >= 0.3 is 0 Å². The van der Waals surface area contributed by atoms with Gasteiger partial charge in [-0.2, -0.15) is 0 Å². The fourth-order valence-electron chi connectivity index (χ4n) is 2.66. The number of para-hydroxylation sites is 1. The van der Waals surface area contributed by atoms with E-state index in [0.29, 0.717) is 12.5 Å². The minimum Gasteiger partial charge on any atom is -0.364 e. The van der Waals surface area contributed by atoms with Crippen LogP contribution in [0.1, 0.15) is 36.8 Å². The summed E-state index contributed by atoms with van der Waals surface area (Å²) in [6.45, 7) is 6.89. The van der Waals surface area contributed by atoms with Crippen molar-refractivity contribution in [1.82, 2.24) is 15.0 Å². The maximum absolute atomic E-state index is 4.51. The number of benzene rings is 1. The molecule has 0 aliphatic rings. The summed E-state index contributed by atoms with van der Waals surface area (Å²) in [6, 6.07) is 16.1. The minimum absolute atomic E-state index is 0.438. The lowest BCUT2D eigenvalue weighted by molar-refractivity contribution is 0.868. The van der Waals surface area contributed by atoms with Gasteiger partial charge < -0.3 is 10.6 Å². The normalized spacial score (nSPS) is 10.7. The first kappa shape index (κ1) is 16.9. The van der Waals surface area contributed by atoms with Gasteiger partial charge in [0.1, 0.15) is 17.5 Å². The Labute approximate surface area is 148 Å². The predicted octanol–water partition coefficient (Wildman–Crippen LogP) is 4.66. The molecule has 25 heavy (non-hydrogen) atoms. The van der Waals surface area contributed by atoms with Crippen LogP contribution in [0.15, 0.2) is 54.7 Å². The lowest BCUT2D eigenvalue weighted by Crippen LogP contribution is -2.06. The molecule has 0 atom stereocenters. The molecule has 0 radical (unpaired) electrons.